The summed E-state index contributed by atoms with van der Waals surface area (Å²) in [5, 5.41) is 4.11. The van der Waals surface area contributed by atoms with Gasteiger partial charge in [-0.3, -0.25) is 4.79 Å². The van der Waals surface area contributed by atoms with Crippen molar-refractivity contribution in [3.8, 4) is 5.75 Å². The lowest BCUT2D eigenvalue weighted by Crippen LogP contribution is -2.19. The van der Waals surface area contributed by atoms with Crippen LogP contribution in [0.5, 0.6) is 5.75 Å². The molecule has 1 N–H and O–H groups in total. The lowest BCUT2D eigenvalue weighted by Gasteiger charge is -2.08. The number of aliphatic imine (C=N–C) groups is 1. The van der Waals surface area contributed by atoms with Crippen LogP contribution in [-0.2, 0) is 11.4 Å². The number of benzene rings is 3. The zero-order valence-electron chi connectivity index (χ0n) is 16.2. The average Bonchev–Trinajstić information content (AvgIpc) is 3.10. The quantitative estimate of drug-likeness (QED) is 0.297. The number of rotatable bonds is 5. The molecule has 0 bridgehead atoms. The first-order valence-electron chi connectivity index (χ1n) is 9.29. The summed E-state index contributed by atoms with van der Waals surface area (Å²) in [7, 11) is 0. The average molecular weight is 613 g/mol. The molecule has 1 heterocycles. The summed E-state index contributed by atoms with van der Waals surface area (Å²) in [5.41, 5.74) is 2.55. The summed E-state index contributed by atoms with van der Waals surface area (Å²) >= 11 is 20.2. The number of amides is 1. The van der Waals surface area contributed by atoms with E-state index in [0.29, 0.717) is 32.4 Å². The third-order valence-corrected chi connectivity index (χ3v) is 7.25. The number of nitrogens with zero attached hydrogens (tertiary/aromatic N) is 1. The van der Waals surface area contributed by atoms with Crippen molar-refractivity contribution >= 4 is 89.7 Å². The third kappa shape index (κ3) is 5.97. The van der Waals surface area contributed by atoms with Crippen molar-refractivity contribution in [3.63, 3.8) is 0 Å². The summed E-state index contributed by atoms with van der Waals surface area (Å²) in [4.78, 5) is 17.3. The van der Waals surface area contributed by atoms with Crippen LogP contribution in [-0.4, -0.2) is 11.1 Å². The van der Waals surface area contributed by atoms with Crippen molar-refractivity contribution in [1.29, 1.82) is 0 Å². The summed E-state index contributed by atoms with van der Waals surface area (Å²) in [6.07, 6.45) is 1.81. The molecule has 32 heavy (non-hydrogen) atoms. The number of hydrogen-bond acceptors (Lipinski definition) is 4. The number of thioether (sulfide) groups is 1. The lowest BCUT2D eigenvalue weighted by molar-refractivity contribution is -0.115. The van der Waals surface area contributed by atoms with E-state index in [1.807, 2.05) is 48.5 Å². The van der Waals surface area contributed by atoms with Crippen molar-refractivity contribution in [2.45, 2.75) is 6.61 Å². The summed E-state index contributed by atoms with van der Waals surface area (Å²) in [6.45, 7) is 0.446. The normalized spacial score (nSPS) is 15.9. The van der Waals surface area contributed by atoms with Crippen LogP contribution in [0.25, 0.3) is 6.08 Å². The van der Waals surface area contributed by atoms with E-state index < -0.39 is 0 Å². The Kier molecular flexibility index (Phi) is 7.63. The third-order valence-electron chi connectivity index (χ3n) is 4.37. The highest BCUT2D eigenvalue weighted by Crippen LogP contribution is 2.31. The predicted octanol–water partition coefficient (Wildman–Crippen LogP) is 7.99. The van der Waals surface area contributed by atoms with E-state index in [1.165, 1.54) is 11.8 Å². The van der Waals surface area contributed by atoms with Crippen LogP contribution < -0.4 is 10.1 Å². The summed E-state index contributed by atoms with van der Waals surface area (Å²) < 4.78 is 7.86. The molecule has 0 unspecified atom stereocenters. The minimum absolute atomic E-state index is 0.200. The first kappa shape index (κ1) is 23.4. The Balaban J connectivity index is 1.41. The highest BCUT2D eigenvalue weighted by atomic mass is 79.9. The molecule has 3 aromatic carbocycles. The molecule has 162 valence electrons. The molecule has 3 aromatic rings. The van der Waals surface area contributed by atoms with Gasteiger partial charge in [0.15, 0.2) is 5.17 Å². The minimum Gasteiger partial charge on any atom is -0.489 e. The highest BCUT2D eigenvalue weighted by Gasteiger charge is 2.23. The molecule has 4 nitrogen and oxygen atoms in total. The number of halogens is 4. The maximum Gasteiger partial charge on any atom is 0.264 e. The van der Waals surface area contributed by atoms with E-state index in [-0.39, 0.29) is 5.91 Å². The number of hydrogen-bond donors (Lipinski definition) is 1. The predicted molar refractivity (Wildman–Crippen MR) is 140 cm³/mol. The van der Waals surface area contributed by atoms with Crippen molar-refractivity contribution in [2.24, 2.45) is 4.99 Å². The monoisotopic (exact) mass is 610 g/mol. The fourth-order valence-electron chi connectivity index (χ4n) is 2.76. The molecular formula is C23H14Br2Cl2N2O2S. The smallest absolute Gasteiger partial charge is 0.264 e. The number of nitrogens with one attached hydrogen (secondary N) is 1. The van der Waals surface area contributed by atoms with Gasteiger partial charge in [-0.1, -0.05) is 73.3 Å². The first-order chi connectivity index (χ1) is 15.4. The number of amidine groups is 1. The van der Waals surface area contributed by atoms with E-state index in [4.69, 9.17) is 27.9 Å². The molecule has 1 saturated heterocycles. The zero-order chi connectivity index (χ0) is 22.7. The van der Waals surface area contributed by atoms with Crippen molar-refractivity contribution < 1.29 is 9.53 Å². The van der Waals surface area contributed by atoms with Crippen LogP contribution in [0.15, 0.2) is 79.5 Å². The van der Waals surface area contributed by atoms with Crippen LogP contribution in [0.1, 0.15) is 11.1 Å². The van der Waals surface area contributed by atoms with Gasteiger partial charge in [-0.25, -0.2) is 4.99 Å². The largest absolute Gasteiger partial charge is 0.489 e. The molecule has 0 aliphatic carbocycles. The van der Waals surface area contributed by atoms with Gasteiger partial charge in [0.1, 0.15) is 12.4 Å². The topological polar surface area (TPSA) is 50.7 Å². The number of carbonyl (C=O) groups excluding carboxylic acids is 1. The summed E-state index contributed by atoms with van der Waals surface area (Å²) in [5.74, 6) is 0.543. The van der Waals surface area contributed by atoms with E-state index in [2.05, 4.69) is 42.2 Å². The van der Waals surface area contributed by atoms with Crippen LogP contribution in [0, 0.1) is 0 Å². The van der Waals surface area contributed by atoms with Crippen LogP contribution in [0.2, 0.25) is 10.0 Å². The van der Waals surface area contributed by atoms with Crippen molar-refractivity contribution in [3.05, 3.63) is 95.7 Å². The Morgan fingerprint density at radius 2 is 1.78 bits per heavy atom. The Morgan fingerprint density at radius 1 is 1.00 bits per heavy atom. The second-order valence-corrected chi connectivity index (χ2v) is 10.3. The van der Waals surface area contributed by atoms with E-state index in [0.717, 1.165) is 25.8 Å². The fraction of sp³-hybridized carbons (Fsp3) is 0.0435. The van der Waals surface area contributed by atoms with Gasteiger partial charge in [-0.2, -0.15) is 0 Å². The van der Waals surface area contributed by atoms with Gasteiger partial charge in [0.05, 0.1) is 20.6 Å². The maximum absolute atomic E-state index is 12.3. The Morgan fingerprint density at radius 3 is 2.50 bits per heavy atom. The van der Waals surface area contributed by atoms with Gasteiger partial charge in [-0.15, -0.1) is 0 Å². The van der Waals surface area contributed by atoms with Gasteiger partial charge >= 0.3 is 0 Å². The van der Waals surface area contributed by atoms with Crippen molar-refractivity contribution in [1.82, 2.24) is 5.32 Å². The minimum atomic E-state index is -0.200. The van der Waals surface area contributed by atoms with Gasteiger partial charge in [0.2, 0.25) is 0 Å². The fourth-order valence-corrected chi connectivity index (χ4v) is 5.06. The summed E-state index contributed by atoms with van der Waals surface area (Å²) in [6, 6.07) is 18.6. The van der Waals surface area contributed by atoms with E-state index in [1.54, 1.807) is 18.2 Å². The Labute approximate surface area is 216 Å². The Bertz CT molecular complexity index is 1250. The number of carbonyl (C=O) groups is 1. The molecule has 0 spiro atoms. The van der Waals surface area contributed by atoms with Crippen LogP contribution in [0.3, 0.4) is 0 Å². The molecule has 9 heteroatoms. The standard InChI is InChI=1S/C23H14Br2Cl2N2O2S/c24-15-4-3-14(18(25)10-15)12-31-17-6-1-13(2-7-17)9-21-22(30)29-23(32-21)28-16-5-8-19(26)20(27)11-16/h1-11H,12H2,(H,28,29,30)/b21-9-. The van der Waals surface area contributed by atoms with Gasteiger partial charge in [0, 0.05) is 14.5 Å². The number of ether oxygens (including phenoxy) is 1. The molecule has 1 aliphatic heterocycles. The van der Waals surface area contributed by atoms with E-state index >= 15 is 0 Å². The molecule has 0 radical (unpaired) electrons. The van der Waals surface area contributed by atoms with Crippen molar-refractivity contribution in [2.75, 3.05) is 0 Å². The molecule has 0 saturated carbocycles. The van der Waals surface area contributed by atoms with Crippen LogP contribution in [0.4, 0.5) is 5.69 Å². The maximum atomic E-state index is 12.3. The molecule has 0 atom stereocenters. The van der Waals surface area contributed by atoms with Gasteiger partial charge in [0.25, 0.3) is 5.91 Å². The second kappa shape index (κ2) is 10.4. The molecule has 0 aromatic heterocycles. The lowest BCUT2D eigenvalue weighted by atomic mass is 10.2. The second-order valence-electron chi connectivity index (χ2n) is 6.67. The first-order valence-corrected chi connectivity index (χ1v) is 12.4. The molecule has 4 rings (SSSR count). The van der Waals surface area contributed by atoms with E-state index in [9.17, 15) is 4.79 Å². The molecule has 1 aliphatic rings. The molecular weight excluding hydrogens is 599 g/mol. The Hall–Kier alpha value is -1.77. The highest BCUT2D eigenvalue weighted by molar-refractivity contribution is 9.11. The van der Waals surface area contributed by atoms with Gasteiger partial charge in [-0.05, 0) is 65.9 Å². The molecule has 1 fully saturated rings. The molecule has 1 amide bonds. The van der Waals surface area contributed by atoms with Gasteiger partial charge < -0.3 is 10.1 Å². The zero-order valence-corrected chi connectivity index (χ0v) is 21.7. The van der Waals surface area contributed by atoms with Crippen LogP contribution >= 0.6 is 66.8 Å². The SMILES string of the molecule is O=C1NC(=Nc2ccc(Cl)c(Cl)c2)S/C1=C\c1ccc(OCc2ccc(Br)cc2Br)cc1.